The molecule has 5 rings (SSSR count). The lowest BCUT2D eigenvalue weighted by molar-refractivity contribution is -0.122. The van der Waals surface area contributed by atoms with E-state index in [1.165, 1.54) is 6.33 Å². The second-order valence-electron chi connectivity index (χ2n) is 7.61. The van der Waals surface area contributed by atoms with Gasteiger partial charge in [0.25, 0.3) is 0 Å². The van der Waals surface area contributed by atoms with Crippen molar-refractivity contribution in [3.8, 4) is 5.69 Å². The lowest BCUT2D eigenvalue weighted by atomic mass is 10.1. The van der Waals surface area contributed by atoms with Crippen LogP contribution in [0.3, 0.4) is 0 Å². The van der Waals surface area contributed by atoms with E-state index in [-0.39, 0.29) is 5.91 Å². The van der Waals surface area contributed by atoms with E-state index in [9.17, 15) is 9.90 Å². The standard InChI is InChI=1S/C23H22N6O2/c30-18-11-21(28(13-18)22-9-10-24-14-26-22)23(31)25-12-16-5-7-17(8-6-16)29-15-27-19-3-1-2-4-20(19)29/h1-10,14-15,18,21,30H,11-13H2,(H,25,31). The van der Waals surface area contributed by atoms with Crippen molar-refractivity contribution < 1.29 is 9.90 Å². The van der Waals surface area contributed by atoms with Crippen molar-refractivity contribution in [2.24, 2.45) is 0 Å². The molecular formula is C23H22N6O2. The molecule has 3 heterocycles. The zero-order valence-corrected chi connectivity index (χ0v) is 16.8. The number of β-amino-alcohol motifs (C(OH)–C–C–N with tert-alkyl or cyclic N) is 1. The molecule has 156 valence electrons. The number of para-hydroxylation sites is 2. The number of hydrogen-bond donors (Lipinski definition) is 2. The number of carbonyl (C=O) groups is 1. The first kappa shape index (κ1) is 19.2. The van der Waals surface area contributed by atoms with Gasteiger partial charge < -0.3 is 15.3 Å². The Morgan fingerprint density at radius 1 is 1.10 bits per heavy atom. The van der Waals surface area contributed by atoms with Gasteiger partial charge in [-0.25, -0.2) is 15.0 Å². The predicted molar refractivity (Wildman–Crippen MR) is 117 cm³/mol. The second kappa shape index (κ2) is 8.16. The lowest BCUT2D eigenvalue weighted by Crippen LogP contribution is -2.43. The molecule has 0 spiro atoms. The zero-order valence-electron chi connectivity index (χ0n) is 16.8. The molecule has 0 saturated carbocycles. The van der Waals surface area contributed by atoms with Crippen molar-refractivity contribution in [1.29, 1.82) is 0 Å². The number of aliphatic hydroxyl groups excluding tert-OH is 1. The summed E-state index contributed by atoms with van der Waals surface area (Å²) in [6, 6.07) is 17.3. The number of nitrogens with one attached hydrogen (secondary N) is 1. The number of amides is 1. The van der Waals surface area contributed by atoms with Crippen molar-refractivity contribution in [1.82, 2.24) is 24.8 Å². The predicted octanol–water partition coefficient (Wildman–Crippen LogP) is 2.07. The molecule has 8 nitrogen and oxygen atoms in total. The summed E-state index contributed by atoms with van der Waals surface area (Å²) >= 11 is 0. The van der Waals surface area contributed by atoms with Crippen LogP contribution in [0, 0.1) is 0 Å². The molecule has 2 aromatic heterocycles. The quantitative estimate of drug-likeness (QED) is 0.519. The molecule has 2 unspecified atom stereocenters. The average Bonchev–Trinajstić information content (AvgIpc) is 3.42. The molecule has 1 saturated heterocycles. The summed E-state index contributed by atoms with van der Waals surface area (Å²) in [7, 11) is 0. The van der Waals surface area contributed by atoms with Crippen LogP contribution in [0.4, 0.5) is 5.82 Å². The van der Waals surface area contributed by atoms with Gasteiger partial charge in [0, 0.05) is 31.4 Å². The van der Waals surface area contributed by atoms with Crippen LogP contribution < -0.4 is 10.2 Å². The highest BCUT2D eigenvalue weighted by molar-refractivity contribution is 5.85. The summed E-state index contributed by atoms with van der Waals surface area (Å²) in [5, 5.41) is 13.1. The van der Waals surface area contributed by atoms with Gasteiger partial charge in [0.05, 0.1) is 17.1 Å². The minimum Gasteiger partial charge on any atom is -0.391 e. The van der Waals surface area contributed by atoms with Crippen LogP contribution in [0.2, 0.25) is 0 Å². The number of carbonyl (C=O) groups excluding carboxylic acids is 1. The van der Waals surface area contributed by atoms with Crippen LogP contribution in [-0.2, 0) is 11.3 Å². The summed E-state index contributed by atoms with van der Waals surface area (Å²) in [6.07, 6.45) is 4.71. The van der Waals surface area contributed by atoms with Gasteiger partial charge in [-0.15, -0.1) is 0 Å². The molecular weight excluding hydrogens is 392 g/mol. The third kappa shape index (κ3) is 3.85. The zero-order chi connectivity index (χ0) is 21.2. The van der Waals surface area contributed by atoms with Crippen molar-refractivity contribution >= 4 is 22.8 Å². The molecule has 2 aromatic carbocycles. The summed E-state index contributed by atoms with van der Waals surface area (Å²) in [4.78, 5) is 27.2. The second-order valence-corrected chi connectivity index (χ2v) is 7.61. The van der Waals surface area contributed by atoms with Crippen LogP contribution in [0.5, 0.6) is 0 Å². The first-order valence-corrected chi connectivity index (χ1v) is 10.2. The van der Waals surface area contributed by atoms with E-state index in [0.29, 0.717) is 25.3 Å². The van der Waals surface area contributed by atoms with Crippen LogP contribution >= 0.6 is 0 Å². The van der Waals surface area contributed by atoms with Crippen LogP contribution in [0.15, 0.2) is 73.4 Å². The van der Waals surface area contributed by atoms with E-state index in [4.69, 9.17) is 0 Å². The van der Waals surface area contributed by atoms with E-state index < -0.39 is 12.1 Å². The van der Waals surface area contributed by atoms with Crippen molar-refractivity contribution in [3.05, 3.63) is 79.0 Å². The smallest absolute Gasteiger partial charge is 0.243 e. The number of anilines is 1. The molecule has 2 N–H and O–H groups in total. The SMILES string of the molecule is O=C(NCc1ccc(-n2cnc3ccccc32)cc1)C1CC(O)CN1c1ccncn1. The van der Waals surface area contributed by atoms with E-state index in [0.717, 1.165) is 22.3 Å². The number of aliphatic hydroxyl groups is 1. The molecule has 1 aliphatic heterocycles. The summed E-state index contributed by atoms with van der Waals surface area (Å²) < 4.78 is 2.04. The topological polar surface area (TPSA) is 96.2 Å². The van der Waals surface area contributed by atoms with Crippen LogP contribution in [0.1, 0.15) is 12.0 Å². The fraction of sp³-hybridized carbons (Fsp3) is 0.217. The largest absolute Gasteiger partial charge is 0.391 e. The number of imidazole rings is 1. The van der Waals surface area contributed by atoms with Crippen LogP contribution in [0.25, 0.3) is 16.7 Å². The van der Waals surface area contributed by atoms with Crippen LogP contribution in [-0.4, -0.2) is 49.2 Å². The Labute approximate surface area is 179 Å². The number of fused-ring (bicyclic) bond motifs is 1. The van der Waals surface area contributed by atoms with Gasteiger partial charge in [0.15, 0.2) is 0 Å². The van der Waals surface area contributed by atoms with E-state index in [1.807, 2.05) is 64.3 Å². The molecule has 1 aliphatic rings. The first-order valence-electron chi connectivity index (χ1n) is 10.2. The molecule has 1 amide bonds. The van der Waals surface area contributed by atoms with E-state index in [2.05, 4.69) is 20.3 Å². The van der Waals surface area contributed by atoms with Gasteiger partial charge in [-0.05, 0) is 35.9 Å². The van der Waals surface area contributed by atoms with Crippen molar-refractivity contribution in [3.63, 3.8) is 0 Å². The highest BCUT2D eigenvalue weighted by Crippen LogP contribution is 2.24. The minimum atomic E-state index is -0.560. The number of rotatable bonds is 5. The third-order valence-electron chi connectivity index (χ3n) is 5.58. The number of aromatic nitrogens is 4. The van der Waals surface area contributed by atoms with Gasteiger partial charge in [0.1, 0.15) is 24.5 Å². The molecule has 0 bridgehead atoms. The Bertz CT molecular complexity index is 1190. The van der Waals surface area contributed by atoms with Gasteiger partial charge in [-0.2, -0.15) is 0 Å². The van der Waals surface area contributed by atoms with Gasteiger partial charge in [-0.3, -0.25) is 9.36 Å². The normalized spacial score (nSPS) is 18.4. The highest BCUT2D eigenvalue weighted by atomic mass is 16.3. The fourth-order valence-corrected chi connectivity index (χ4v) is 4.02. The Hall–Kier alpha value is -3.78. The number of benzene rings is 2. The summed E-state index contributed by atoms with van der Waals surface area (Å²) in [6.45, 7) is 0.788. The number of hydrogen-bond acceptors (Lipinski definition) is 6. The number of nitrogens with zero attached hydrogens (tertiary/aromatic N) is 5. The monoisotopic (exact) mass is 414 g/mol. The molecule has 31 heavy (non-hydrogen) atoms. The van der Waals surface area contributed by atoms with E-state index >= 15 is 0 Å². The average molecular weight is 414 g/mol. The molecule has 0 radical (unpaired) electrons. The molecule has 1 fully saturated rings. The summed E-state index contributed by atoms with van der Waals surface area (Å²) in [5.74, 6) is 0.517. The maximum Gasteiger partial charge on any atom is 0.243 e. The van der Waals surface area contributed by atoms with Gasteiger partial charge >= 0.3 is 0 Å². The van der Waals surface area contributed by atoms with E-state index in [1.54, 1.807) is 12.3 Å². The Morgan fingerprint density at radius 2 is 1.94 bits per heavy atom. The summed E-state index contributed by atoms with van der Waals surface area (Å²) in [5.41, 5.74) is 4.00. The Morgan fingerprint density at radius 3 is 2.74 bits per heavy atom. The van der Waals surface area contributed by atoms with Gasteiger partial charge in [0.2, 0.25) is 5.91 Å². The van der Waals surface area contributed by atoms with Gasteiger partial charge in [-0.1, -0.05) is 24.3 Å². The minimum absolute atomic E-state index is 0.125. The highest BCUT2D eigenvalue weighted by Gasteiger charge is 2.36. The molecule has 4 aromatic rings. The van der Waals surface area contributed by atoms with Crippen molar-refractivity contribution in [2.45, 2.75) is 25.1 Å². The molecule has 2 atom stereocenters. The lowest BCUT2D eigenvalue weighted by Gasteiger charge is -2.24. The first-order chi connectivity index (χ1) is 15.2. The fourth-order valence-electron chi connectivity index (χ4n) is 4.02. The maximum atomic E-state index is 12.8. The maximum absolute atomic E-state index is 12.8. The molecule has 0 aliphatic carbocycles. The Kier molecular flexibility index (Phi) is 5.05. The van der Waals surface area contributed by atoms with Crippen molar-refractivity contribution in [2.75, 3.05) is 11.4 Å². The molecule has 8 heteroatoms. The Balaban J connectivity index is 1.26. The third-order valence-corrected chi connectivity index (χ3v) is 5.58.